The summed E-state index contributed by atoms with van der Waals surface area (Å²) in [4.78, 5) is 1.14. The molecule has 0 spiro atoms. The molecule has 1 nitrogen and oxygen atoms in total. The number of fused-ring (bicyclic) bond motifs is 1. The first-order chi connectivity index (χ1) is 9.20. The first-order valence-corrected chi connectivity index (χ1v) is 6.90. The van der Waals surface area contributed by atoms with E-state index in [1.165, 1.54) is 27.8 Å². The Labute approximate surface area is 115 Å². The van der Waals surface area contributed by atoms with Gasteiger partial charge in [-0.15, -0.1) is 11.3 Å². The fourth-order valence-corrected chi connectivity index (χ4v) is 3.05. The van der Waals surface area contributed by atoms with E-state index in [4.69, 9.17) is 4.74 Å². The van der Waals surface area contributed by atoms with Crippen molar-refractivity contribution in [3.63, 3.8) is 0 Å². The standard InChI is InChI=1S/C16H13FOS/c1-11-5-6-12-8-15(19-16(12)7-11)10-18-14-4-2-3-13(17)9-14/h2-9H,10H2,1H3. The van der Waals surface area contributed by atoms with Gasteiger partial charge in [-0.3, -0.25) is 0 Å². The van der Waals surface area contributed by atoms with Crippen LogP contribution in [-0.2, 0) is 6.61 Å². The Morgan fingerprint density at radius 1 is 1.11 bits per heavy atom. The van der Waals surface area contributed by atoms with Crippen molar-refractivity contribution < 1.29 is 9.13 Å². The molecule has 0 fully saturated rings. The number of ether oxygens (including phenoxy) is 1. The zero-order chi connectivity index (χ0) is 13.2. The lowest BCUT2D eigenvalue weighted by atomic mass is 10.2. The van der Waals surface area contributed by atoms with Crippen LogP contribution in [0.25, 0.3) is 10.1 Å². The van der Waals surface area contributed by atoms with Gasteiger partial charge in [0.1, 0.15) is 18.2 Å². The second-order valence-corrected chi connectivity index (χ2v) is 5.67. The molecule has 0 aliphatic carbocycles. The molecule has 3 rings (SSSR count). The fraction of sp³-hybridized carbons (Fsp3) is 0.125. The van der Waals surface area contributed by atoms with Crippen LogP contribution in [0.1, 0.15) is 10.4 Å². The quantitative estimate of drug-likeness (QED) is 0.657. The van der Waals surface area contributed by atoms with Gasteiger partial charge in [0, 0.05) is 15.6 Å². The molecule has 0 aliphatic rings. The van der Waals surface area contributed by atoms with E-state index in [-0.39, 0.29) is 5.82 Å². The minimum Gasteiger partial charge on any atom is -0.488 e. The highest BCUT2D eigenvalue weighted by Gasteiger charge is 2.03. The van der Waals surface area contributed by atoms with Crippen LogP contribution in [0.3, 0.4) is 0 Å². The Hall–Kier alpha value is -1.87. The lowest BCUT2D eigenvalue weighted by molar-refractivity contribution is 0.308. The lowest BCUT2D eigenvalue weighted by Crippen LogP contribution is -1.92. The number of rotatable bonds is 3. The topological polar surface area (TPSA) is 9.23 Å². The fourth-order valence-electron chi connectivity index (χ4n) is 1.98. The number of thiophene rings is 1. The summed E-state index contributed by atoms with van der Waals surface area (Å²) in [5, 5.41) is 1.23. The number of halogens is 1. The molecule has 1 aromatic heterocycles. The molecule has 19 heavy (non-hydrogen) atoms. The third kappa shape index (κ3) is 2.76. The Morgan fingerprint density at radius 3 is 2.84 bits per heavy atom. The largest absolute Gasteiger partial charge is 0.488 e. The Kier molecular flexibility index (Phi) is 3.22. The molecule has 0 saturated heterocycles. The van der Waals surface area contributed by atoms with Crippen molar-refractivity contribution in [1.29, 1.82) is 0 Å². The molecule has 0 N–H and O–H groups in total. The first-order valence-electron chi connectivity index (χ1n) is 6.08. The summed E-state index contributed by atoms with van der Waals surface area (Å²) in [5.41, 5.74) is 1.26. The van der Waals surface area contributed by atoms with E-state index in [1.807, 2.05) is 0 Å². The minimum absolute atomic E-state index is 0.274. The van der Waals surface area contributed by atoms with Crippen LogP contribution in [0.2, 0.25) is 0 Å². The molecule has 0 amide bonds. The Bertz CT molecular complexity index is 718. The zero-order valence-corrected chi connectivity index (χ0v) is 11.3. The molecule has 3 heteroatoms. The van der Waals surface area contributed by atoms with Crippen molar-refractivity contribution in [3.05, 3.63) is 64.8 Å². The first kappa shape index (κ1) is 12.2. The zero-order valence-electron chi connectivity index (χ0n) is 10.5. The van der Waals surface area contributed by atoms with Gasteiger partial charge in [0.05, 0.1) is 0 Å². The van der Waals surface area contributed by atoms with Gasteiger partial charge in [0.15, 0.2) is 0 Å². The maximum absolute atomic E-state index is 13.0. The van der Waals surface area contributed by atoms with Crippen LogP contribution in [0.4, 0.5) is 4.39 Å². The van der Waals surface area contributed by atoms with E-state index >= 15 is 0 Å². The molecule has 0 bridgehead atoms. The van der Waals surface area contributed by atoms with Crippen molar-refractivity contribution in [2.45, 2.75) is 13.5 Å². The summed E-state index contributed by atoms with van der Waals surface area (Å²) in [5.74, 6) is 0.290. The van der Waals surface area contributed by atoms with Gasteiger partial charge in [-0.05, 0) is 42.1 Å². The lowest BCUT2D eigenvalue weighted by Gasteiger charge is -2.03. The molecule has 96 valence electrons. The van der Waals surface area contributed by atoms with Crippen LogP contribution in [0, 0.1) is 12.7 Å². The molecular weight excluding hydrogens is 259 g/mol. The third-order valence-electron chi connectivity index (χ3n) is 2.90. The SMILES string of the molecule is Cc1ccc2cc(COc3cccc(F)c3)sc2c1. The molecular formula is C16H13FOS. The second-order valence-electron chi connectivity index (χ2n) is 4.50. The van der Waals surface area contributed by atoms with E-state index in [0.29, 0.717) is 12.4 Å². The average molecular weight is 272 g/mol. The van der Waals surface area contributed by atoms with E-state index in [9.17, 15) is 4.39 Å². The number of hydrogen-bond acceptors (Lipinski definition) is 2. The highest BCUT2D eigenvalue weighted by molar-refractivity contribution is 7.19. The molecule has 0 aliphatic heterocycles. The summed E-state index contributed by atoms with van der Waals surface area (Å²) in [6.07, 6.45) is 0. The van der Waals surface area contributed by atoms with Crippen LogP contribution in [0.15, 0.2) is 48.5 Å². The van der Waals surface area contributed by atoms with E-state index in [1.54, 1.807) is 23.5 Å². The molecule has 2 aromatic carbocycles. The van der Waals surface area contributed by atoms with Crippen LogP contribution in [-0.4, -0.2) is 0 Å². The van der Waals surface area contributed by atoms with E-state index < -0.39 is 0 Å². The van der Waals surface area contributed by atoms with Crippen molar-refractivity contribution in [2.75, 3.05) is 0 Å². The number of benzene rings is 2. The maximum atomic E-state index is 13.0. The third-order valence-corrected chi connectivity index (χ3v) is 3.98. The molecule has 3 aromatic rings. The van der Waals surface area contributed by atoms with Gasteiger partial charge in [-0.2, -0.15) is 0 Å². The van der Waals surface area contributed by atoms with Crippen molar-refractivity contribution in [3.8, 4) is 5.75 Å². The maximum Gasteiger partial charge on any atom is 0.126 e. The highest BCUT2D eigenvalue weighted by Crippen LogP contribution is 2.27. The predicted molar refractivity (Wildman–Crippen MR) is 77.3 cm³/mol. The number of hydrogen-bond donors (Lipinski definition) is 0. The summed E-state index contributed by atoms with van der Waals surface area (Å²) in [6, 6.07) is 14.7. The van der Waals surface area contributed by atoms with Gasteiger partial charge in [0.25, 0.3) is 0 Å². The Morgan fingerprint density at radius 2 is 2.00 bits per heavy atom. The van der Waals surface area contributed by atoms with Crippen molar-refractivity contribution in [1.82, 2.24) is 0 Å². The molecule has 0 saturated carbocycles. The van der Waals surface area contributed by atoms with Crippen LogP contribution < -0.4 is 4.74 Å². The van der Waals surface area contributed by atoms with Crippen LogP contribution >= 0.6 is 11.3 Å². The van der Waals surface area contributed by atoms with Gasteiger partial charge in [-0.1, -0.05) is 18.2 Å². The van der Waals surface area contributed by atoms with Gasteiger partial charge >= 0.3 is 0 Å². The second kappa shape index (κ2) is 5.02. The molecule has 0 unspecified atom stereocenters. The summed E-state index contributed by atoms with van der Waals surface area (Å²) < 4.78 is 19.9. The van der Waals surface area contributed by atoms with Crippen LogP contribution in [0.5, 0.6) is 5.75 Å². The monoisotopic (exact) mass is 272 g/mol. The summed E-state index contributed by atoms with van der Waals surface area (Å²) in [7, 11) is 0. The summed E-state index contributed by atoms with van der Waals surface area (Å²) in [6.45, 7) is 2.56. The average Bonchev–Trinajstić information content (AvgIpc) is 2.78. The van der Waals surface area contributed by atoms with Gasteiger partial charge in [-0.25, -0.2) is 4.39 Å². The molecule has 0 radical (unpaired) electrons. The minimum atomic E-state index is -0.274. The van der Waals surface area contributed by atoms with Gasteiger partial charge < -0.3 is 4.74 Å². The summed E-state index contributed by atoms with van der Waals surface area (Å²) >= 11 is 1.72. The Balaban J connectivity index is 1.78. The van der Waals surface area contributed by atoms with Crippen molar-refractivity contribution >= 4 is 21.4 Å². The molecule has 1 heterocycles. The normalized spacial score (nSPS) is 10.8. The van der Waals surface area contributed by atoms with Gasteiger partial charge in [0.2, 0.25) is 0 Å². The van der Waals surface area contributed by atoms with E-state index in [0.717, 1.165) is 4.88 Å². The van der Waals surface area contributed by atoms with Crippen molar-refractivity contribution in [2.24, 2.45) is 0 Å². The molecule has 0 atom stereocenters. The smallest absolute Gasteiger partial charge is 0.126 e. The predicted octanol–water partition coefficient (Wildman–Crippen LogP) is 4.93. The highest BCUT2D eigenvalue weighted by atomic mass is 32.1. The number of aryl methyl sites for hydroxylation is 1. The van der Waals surface area contributed by atoms with E-state index in [2.05, 4.69) is 31.2 Å².